The Hall–Kier alpha value is -3.86. The van der Waals surface area contributed by atoms with E-state index in [1.165, 1.54) is 0 Å². The van der Waals surface area contributed by atoms with E-state index in [-0.39, 0.29) is 12.0 Å². The summed E-state index contributed by atoms with van der Waals surface area (Å²) in [6, 6.07) is 19.4. The zero-order valence-corrected chi connectivity index (χ0v) is 15.8. The van der Waals surface area contributed by atoms with Gasteiger partial charge in [-0.15, -0.1) is 10.1 Å². The van der Waals surface area contributed by atoms with E-state index in [9.17, 15) is 4.79 Å². The molecule has 2 amide bonds. The topological polar surface area (TPSA) is 149 Å². The Balaban J connectivity index is 0.000000552. The number of hydrogen-bond acceptors (Lipinski definition) is 7. The maximum Gasteiger partial charge on any atom is 0.323 e. The average molecular weight is 399 g/mol. The van der Waals surface area contributed by atoms with Gasteiger partial charge in [-0.05, 0) is 5.56 Å². The molecule has 11 heteroatoms. The third-order valence-corrected chi connectivity index (χ3v) is 5.09. The summed E-state index contributed by atoms with van der Waals surface area (Å²) in [4.78, 5) is 29.4. The molecule has 1 fully saturated rings. The molecule has 1 saturated heterocycles. The summed E-state index contributed by atoms with van der Waals surface area (Å²) in [6.07, 6.45) is 0. The summed E-state index contributed by atoms with van der Waals surface area (Å²) < 4.78 is 0. The predicted molar refractivity (Wildman–Crippen MR) is 104 cm³/mol. The van der Waals surface area contributed by atoms with Crippen LogP contribution < -0.4 is 16.6 Å². The lowest BCUT2D eigenvalue weighted by molar-refractivity contribution is -0.742. The van der Waals surface area contributed by atoms with E-state index in [0.717, 1.165) is 11.1 Å². The van der Waals surface area contributed by atoms with Crippen LogP contribution in [0.1, 0.15) is 11.1 Å². The number of aliphatic imine (C=N–C) groups is 1. The van der Waals surface area contributed by atoms with Crippen LogP contribution in [-0.2, 0) is 11.3 Å². The average Bonchev–Trinajstić information content (AvgIpc) is 2.89. The van der Waals surface area contributed by atoms with E-state index in [1.54, 1.807) is 23.9 Å². The Labute approximate surface area is 166 Å². The molecule has 29 heavy (non-hydrogen) atoms. The van der Waals surface area contributed by atoms with Gasteiger partial charge >= 0.3 is 6.03 Å². The first-order chi connectivity index (χ1) is 13.8. The van der Waals surface area contributed by atoms with E-state index < -0.39 is 16.4 Å². The predicted octanol–water partition coefficient (Wildman–Crippen LogP) is 0.764. The second-order valence-electron chi connectivity index (χ2n) is 6.50. The van der Waals surface area contributed by atoms with Crippen LogP contribution in [0.25, 0.3) is 0 Å². The molecular weight excluding hydrogens is 378 g/mol. The van der Waals surface area contributed by atoms with Crippen molar-refractivity contribution in [2.24, 2.45) is 10.7 Å². The third-order valence-electron chi connectivity index (χ3n) is 5.09. The highest BCUT2D eigenvalue weighted by atomic mass is 16.9. The van der Waals surface area contributed by atoms with Crippen LogP contribution in [-0.4, -0.2) is 46.2 Å². The molecule has 5 N–H and O–H groups in total. The molecular formula is C18H21N7O4. The molecule has 0 aromatic heterocycles. The Morgan fingerprint density at radius 3 is 2.03 bits per heavy atom. The molecule has 11 nitrogen and oxygen atoms in total. The molecule has 2 heterocycles. The molecule has 0 radical (unpaired) electrons. The Kier molecular flexibility index (Phi) is 4.99. The number of urea groups is 1. The maximum atomic E-state index is 13.0. The van der Waals surface area contributed by atoms with Crippen molar-refractivity contribution >= 4 is 12.0 Å². The van der Waals surface area contributed by atoms with Crippen LogP contribution >= 0.6 is 0 Å². The molecule has 2 aromatic carbocycles. The molecule has 0 spiro atoms. The number of likely N-dealkylation sites (N-methyl/N-ethyl adjacent to an activating group) is 2. The molecule has 2 unspecified atom stereocenters. The first-order valence-corrected chi connectivity index (χ1v) is 8.62. The molecule has 2 aliphatic rings. The van der Waals surface area contributed by atoms with Crippen molar-refractivity contribution in [2.75, 3.05) is 14.1 Å². The fourth-order valence-electron chi connectivity index (χ4n) is 3.95. The van der Waals surface area contributed by atoms with E-state index in [2.05, 4.69) is 10.9 Å². The van der Waals surface area contributed by atoms with Crippen molar-refractivity contribution in [2.45, 2.75) is 11.3 Å². The van der Waals surface area contributed by atoms with Crippen molar-refractivity contribution in [1.29, 1.82) is 0 Å². The van der Waals surface area contributed by atoms with Gasteiger partial charge in [0.1, 0.15) is 0 Å². The van der Waals surface area contributed by atoms with Gasteiger partial charge < -0.3 is 10.9 Å². The number of carbonyl (C=O) groups is 1. The number of rotatable bonds is 2. The van der Waals surface area contributed by atoms with Crippen molar-refractivity contribution < 1.29 is 15.1 Å². The number of nitrogens with one attached hydrogen (secondary N) is 2. The zero-order chi connectivity index (χ0) is 21.2. The van der Waals surface area contributed by atoms with Gasteiger partial charge in [0.2, 0.25) is 11.6 Å². The molecule has 2 atom stereocenters. The van der Waals surface area contributed by atoms with Gasteiger partial charge in [-0.3, -0.25) is 15.2 Å². The van der Waals surface area contributed by atoms with Gasteiger partial charge in [-0.1, -0.05) is 60.7 Å². The maximum absolute atomic E-state index is 13.0. The third kappa shape index (κ3) is 2.88. The molecule has 0 aliphatic carbocycles. The number of carbonyl (C=O) groups excluding carboxylic acids is 1. The number of fused-ring (bicyclic) bond motifs is 1. The van der Waals surface area contributed by atoms with Gasteiger partial charge in [-0.2, -0.15) is 0 Å². The van der Waals surface area contributed by atoms with Gasteiger partial charge in [0.25, 0.3) is 5.09 Å². The van der Waals surface area contributed by atoms with Crippen LogP contribution in [0.2, 0.25) is 0 Å². The second kappa shape index (κ2) is 7.28. The highest BCUT2D eigenvalue weighted by Gasteiger charge is 2.69. The van der Waals surface area contributed by atoms with E-state index in [0.29, 0.717) is 0 Å². The van der Waals surface area contributed by atoms with Gasteiger partial charge in [-0.25, -0.2) is 15.2 Å². The summed E-state index contributed by atoms with van der Waals surface area (Å²) in [5, 5.41) is 13.6. The summed E-state index contributed by atoms with van der Waals surface area (Å²) in [5.74, 6) is 0.227. The Bertz CT molecular complexity index is 936. The number of hydrazine groups is 1. The number of guanidine groups is 1. The van der Waals surface area contributed by atoms with Crippen molar-refractivity contribution in [3.8, 4) is 0 Å². The Morgan fingerprint density at radius 1 is 1.03 bits per heavy atom. The van der Waals surface area contributed by atoms with Crippen molar-refractivity contribution in [1.82, 2.24) is 20.7 Å². The van der Waals surface area contributed by atoms with Gasteiger partial charge in [0, 0.05) is 19.7 Å². The van der Waals surface area contributed by atoms with E-state index in [1.807, 2.05) is 60.7 Å². The minimum Gasteiger partial charge on any atom is -0.369 e. The number of benzene rings is 2. The summed E-state index contributed by atoms with van der Waals surface area (Å²) in [6.45, 7) is 0. The highest BCUT2D eigenvalue weighted by Crippen LogP contribution is 2.53. The molecule has 152 valence electrons. The highest BCUT2D eigenvalue weighted by molar-refractivity contribution is 5.85. The van der Waals surface area contributed by atoms with E-state index >= 15 is 0 Å². The molecule has 2 aliphatic heterocycles. The van der Waals surface area contributed by atoms with E-state index in [4.69, 9.17) is 26.0 Å². The molecule has 0 saturated carbocycles. The lowest BCUT2D eigenvalue weighted by atomic mass is 9.80. The minimum absolute atomic E-state index is 0.152. The first kappa shape index (κ1) is 19.9. The minimum atomic E-state index is -1.50. The first-order valence-electron chi connectivity index (χ1n) is 8.62. The van der Waals surface area contributed by atoms with Gasteiger partial charge in [0.05, 0.1) is 0 Å². The van der Waals surface area contributed by atoms with Crippen LogP contribution in [0.4, 0.5) is 4.79 Å². The molecule has 0 bridgehead atoms. The lowest BCUT2D eigenvalue weighted by Crippen LogP contribution is -2.71. The standard InChI is InChI=1S/C18H20N6O.HNO3/c1-23-16(25)24(2)18(14-11-7-4-8-12-14)17(23,20-15(19)21-22-18)13-9-5-3-6-10-13;2-1(3)4/h3-12,22H,1-2H3,(H3,19,20,21);(H,2,3,4). The smallest absolute Gasteiger partial charge is 0.323 e. The summed E-state index contributed by atoms with van der Waals surface area (Å²) in [5.41, 5.74) is 12.0. The fourth-order valence-corrected chi connectivity index (χ4v) is 3.95. The number of hydrogen-bond donors (Lipinski definition) is 4. The summed E-state index contributed by atoms with van der Waals surface area (Å²) in [7, 11) is 3.52. The fraction of sp³-hybridized carbons (Fsp3) is 0.222. The van der Waals surface area contributed by atoms with Crippen molar-refractivity contribution in [3.63, 3.8) is 0 Å². The molecule has 4 rings (SSSR count). The van der Waals surface area contributed by atoms with Crippen LogP contribution in [0.15, 0.2) is 65.7 Å². The van der Waals surface area contributed by atoms with Crippen LogP contribution in [0.3, 0.4) is 0 Å². The van der Waals surface area contributed by atoms with Crippen LogP contribution in [0.5, 0.6) is 0 Å². The number of nitrogens with two attached hydrogens (primary N) is 1. The largest absolute Gasteiger partial charge is 0.369 e. The zero-order valence-electron chi connectivity index (χ0n) is 15.8. The SMILES string of the molecule is CN1C(=O)N(C)C2(c3ccccc3)NNC(N)=NC12c1ccccc1.O=[N+]([O-])O. The molecule has 2 aromatic rings. The monoisotopic (exact) mass is 399 g/mol. The Morgan fingerprint density at radius 2 is 1.52 bits per heavy atom. The second-order valence-corrected chi connectivity index (χ2v) is 6.50. The quantitative estimate of drug-likeness (QED) is 0.430. The van der Waals surface area contributed by atoms with Crippen LogP contribution in [0, 0.1) is 10.1 Å². The number of nitrogens with zero attached hydrogens (tertiary/aromatic N) is 4. The van der Waals surface area contributed by atoms with Crippen molar-refractivity contribution in [3.05, 3.63) is 81.9 Å². The summed E-state index contributed by atoms with van der Waals surface area (Å²) >= 11 is 0. The number of amides is 2. The van der Waals surface area contributed by atoms with Gasteiger partial charge in [0.15, 0.2) is 5.66 Å². The lowest BCUT2D eigenvalue weighted by Gasteiger charge is -2.49. The normalized spacial score (nSPS) is 25.3.